The topological polar surface area (TPSA) is 60.7 Å². The van der Waals surface area contributed by atoms with Gasteiger partial charge in [-0.15, -0.1) is 0 Å². The fourth-order valence-corrected chi connectivity index (χ4v) is 1.45. The summed E-state index contributed by atoms with van der Waals surface area (Å²) in [6.07, 6.45) is 3.29. The number of phenolic OH excluding ortho intramolecular Hbond substituents is 1. The molecule has 0 bridgehead atoms. The maximum Gasteiger partial charge on any atom is 0.166 e. The summed E-state index contributed by atoms with van der Waals surface area (Å²) < 4.78 is 5.43. The highest BCUT2D eigenvalue weighted by atomic mass is 16.5. The quantitative estimate of drug-likeness (QED) is 0.634. The molecule has 0 spiro atoms. The molecule has 0 aliphatic rings. The summed E-state index contributed by atoms with van der Waals surface area (Å²) in [5.41, 5.74) is 1.42. The van der Waals surface area contributed by atoms with E-state index in [-0.39, 0.29) is 5.75 Å². The average molecular weight is 278 g/mol. The van der Waals surface area contributed by atoms with Gasteiger partial charge in [-0.25, -0.2) is 0 Å². The van der Waals surface area contributed by atoms with Crippen LogP contribution in [-0.4, -0.2) is 62.4 Å². The van der Waals surface area contributed by atoms with Crippen LogP contribution in [0.5, 0.6) is 11.5 Å². The fourth-order valence-electron chi connectivity index (χ4n) is 1.45. The number of phenols is 1. The number of aromatic hydroxyl groups is 1. The monoisotopic (exact) mass is 278 g/mol. The zero-order valence-corrected chi connectivity index (χ0v) is 12.7. The average Bonchev–Trinajstić information content (AvgIpc) is 2.37. The normalized spacial score (nSPS) is 11.2. The Morgan fingerprint density at radius 1 is 1.10 bits per heavy atom. The first-order valence-electron chi connectivity index (χ1n) is 6.36. The molecule has 0 radical (unpaired) electrons. The van der Waals surface area contributed by atoms with Crippen LogP contribution in [0.3, 0.4) is 0 Å². The van der Waals surface area contributed by atoms with E-state index < -0.39 is 0 Å². The summed E-state index contributed by atoms with van der Waals surface area (Å²) in [6.45, 7) is 2.35. The molecule has 0 saturated heterocycles. The van der Waals surface area contributed by atoms with Crippen LogP contribution in [0, 0.1) is 0 Å². The largest absolute Gasteiger partial charge is 0.504 e. The van der Waals surface area contributed by atoms with E-state index in [2.05, 4.69) is 10.2 Å². The van der Waals surface area contributed by atoms with Crippen molar-refractivity contribution in [3.63, 3.8) is 0 Å². The van der Waals surface area contributed by atoms with Crippen LogP contribution < -0.4 is 4.74 Å². The van der Waals surface area contributed by atoms with Crippen LogP contribution in [-0.2, 0) is 0 Å². The molecule has 1 rings (SSSR count). The molecular weight excluding hydrogens is 256 g/mol. The van der Waals surface area contributed by atoms with Crippen molar-refractivity contribution in [2.24, 2.45) is 10.2 Å². The van der Waals surface area contributed by atoms with E-state index in [4.69, 9.17) is 4.74 Å². The lowest BCUT2D eigenvalue weighted by Gasteiger charge is -2.11. The Labute approximate surface area is 120 Å². The van der Waals surface area contributed by atoms with Gasteiger partial charge in [-0.2, -0.15) is 10.2 Å². The summed E-state index contributed by atoms with van der Waals surface area (Å²) in [6, 6.07) is 3.55. The Kier molecular flexibility index (Phi) is 5.83. The molecule has 1 aromatic rings. The third-order valence-electron chi connectivity index (χ3n) is 2.29. The molecule has 0 heterocycles. The van der Waals surface area contributed by atoms with E-state index in [0.29, 0.717) is 17.9 Å². The first-order valence-corrected chi connectivity index (χ1v) is 6.36. The smallest absolute Gasteiger partial charge is 0.166 e. The number of benzene rings is 1. The number of hydrogen-bond donors (Lipinski definition) is 1. The summed E-state index contributed by atoms with van der Waals surface area (Å²) >= 11 is 0. The van der Waals surface area contributed by atoms with Gasteiger partial charge in [0.2, 0.25) is 0 Å². The number of hydrogen-bond acceptors (Lipinski definition) is 6. The van der Waals surface area contributed by atoms with Gasteiger partial charge in [0.05, 0.1) is 19.0 Å². The van der Waals surface area contributed by atoms with Crippen molar-refractivity contribution in [3.05, 3.63) is 23.3 Å². The number of rotatable bonds is 6. The zero-order chi connectivity index (χ0) is 15.1. The highest BCUT2D eigenvalue weighted by Crippen LogP contribution is 2.30. The van der Waals surface area contributed by atoms with E-state index >= 15 is 0 Å². The van der Waals surface area contributed by atoms with Crippen molar-refractivity contribution >= 4 is 12.4 Å². The molecule has 0 aliphatic carbocycles. The van der Waals surface area contributed by atoms with Gasteiger partial charge in [0, 0.05) is 33.8 Å². The minimum atomic E-state index is 0.0828. The van der Waals surface area contributed by atoms with E-state index in [1.165, 1.54) is 0 Å². The highest BCUT2D eigenvalue weighted by Gasteiger charge is 2.09. The Morgan fingerprint density at radius 2 is 1.70 bits per heavy atom. The number of hydrazone groups is 2. The molecule has 1 N–H and O–H groups in total. The summed E-state index contributed by atoms with van der Waals surface area (Å²) in [7, 11) is 7.31. The minimum Gasteiger partial charge on any atom is -0.504 e. The Balaban J connectivity index is 3.20. The lowest BCUT2D eigenvalue weighted by Crippen LogP contribution is -2.04. The summed E-state index contributed by atoms with van der Waals surface area (Å²) in [5, 5.41) is 21.8. The standard InChI is InChI=1S/C14H22N4O2/c1-6-20-13-8-11(9-15-17(2)3)7-12(14(13)19)10-16-18(4)5/h7-10,19H,6H2,1-5H3/b15-9?,16-10+. The van der Waals surface area contributed by atoms with E-state index in [1.807, 2.05) is 35.1 Å². The van der Waals surface area contributed by atoms with Gasteiger partial charge in [-0.05, 0) is 24.6 Å². The van der Waals surface area contributed by atoms with Crippen molar-refractivity contribution in [2.75, 3.05) is 34.8 Å². The number of ether oxygens (including phenoxy) is 1. The third-order valence-corrected chi connectivity index (χ3v) is 2.29. The van der Waals surface area contributed by atoms with Gasteiger partial charge < -0.3 is 19.9 Å². The number of nitrogens with zero attached hydrogens (tertiary/aromatic N) is 4. The zero-order valence-electron chi connectivity index (χ0n) is 12.7. The highest BCUT2D eigenvalue weighted by molar-refractivity contribution is 5.90. The van der Waals surface area contributed by atoms with Gasteiger partial charge in [0.1, 0.15) is 0 Å². The second kappa shape index (κ2) is 7.37. The molecule has 0 atom stereocenters. The van der Waals surface area contributed by atoms with Crippen LogP contribution in [0.25, 0.3) is 0 Å². The van der Waals surface area contributed by atoms with Crippen molar-refractivity contribution in [3.8, 4) is 11.5 Å². The first kappa shape index (κ1) is 15.8. The molecule has 1 aromatic carbocycles. The molecule has 0 aromatic heterocycles. The molecule has 6 nitrogen and oxygen atoms in total. The van der Waals surface area contributed by atoms with Gasteiger partial charge in [-0.3, -0.25) is 0 Å². The van der Waals surface area contributed by atoms with Crippen molar-refractivity contribution in [1.29, 1.82) is 0 Å². The fraction of sp³-hybridized carbons (Fsp3) is 0.429. The predicted molar refractivity (Wildman–Crippen MR) is 81.8 cm³/mol. The molecule has 0 unspecified atom stereocenters. The third kappa shape index (κ3) is 4.79. The maximum absolute atomic E-state index is 10.1. The van der Waals surface area contributed by atoms with E-state index in [9.17, 15) is 5.11 Å². The Morgan fingerprint density at radius 3 is 2.25 bits per heavy atom. The lowest BCUT2D eigenvalue weighted by atomic mass is 10.1. The molecule has 0 saturated carbocycles. The van der Waals surface area contributed by atoms with E-state index in [1.54, 1.807) is 34.6 Å². The lowest BCUT2D eigenvalue weighted by molar-refractivity contribution is 0.318. The molecule has 0 fully saturated rings. The Bertz CT molecular complexity index is 496. The van der Waals surface area contributed by atoms with Gasteiger partial charge >= 0.3 is 0 Å². The van der Waals surface area contributed by atoms with Gasteiger partial charge in [0.15, 0.2) is 11.5 Å². The van der Waals surface area contributed by atoms with Crippen molar-refractivity contribution < 1.29 is 9.84 Å². The van der Waals surface area contributed by atoms with Gasteiger partial charge in [0.25, 0.3) is 0 Å². The second-order valence-electron chi connectivity index (χ2n) is 4.57. The second-order valence-corrected chi connectivity index (χ2v) is 4.57. The van der Waals surface area contributed by atoms with Crippen molar-refractivity contribution in [1.82, 2.24) is 10.0 Å². The van der Waals surface area contributed by atoms with Crippen LogP contribution >= 0.6 is 0 Å². The molecule has 0 aliphatic heterocycles. The molecule has 6 heteroatoms. The van der Waals surface area contributed by atoms with Crippen LogP contribution in [0.4, 0.5) is 0 Å². The molecule has 110 valence electrons. The summed E-state index contributed by atoms with van der Waals surface area (Å²) in [4.78, 5) is 0. The molecule has 0 amide bonds. The maximum atomic E-state index is 10.1. The minimum absolute atomic E-state index is 0.0828. The van der Waals surface area contributed by atoms with Crippen LogP contribution in [0.2, 0.25) is 0 Å². The molecular formula is C14H22N4O2. The van der Waals surface area contributed by atoms with E-state index in [0.717, 1.165) is 5.56 Å². The van der Waals surface area contributed by atoms with Gasteiger partial charge in [-0.1, -0.05) is 0 Å². The first-order chi connectivity index (χ1) is 9.43. The SMILES string of the molecule is CCOc1cc(C=NN(C)C)cc(/C=N/N(C)C)c1O. The van der Waals surface area contributed by atoms with Crippen LogP contribution in [0.1, 0.15) is 18.1 Å². The van der Waals surface area contributed by atoms with Crippen molar-refractivity contribution in [2.45, 2.75) is 6.92 Å². The summed E-state index contributed by atoms with van der Waals surface area (Å²) in [5.74, 6) is 0.509. The predicted octanol–water partition coefficient (Wildman–Crippen LogP) is 1.58. The Hall–Kier alpha value is -2.24. The van der Waals surface area contributed by atoms with Crippen LogP contribution in [0.15, 0.2) is 22.3 Å². The molecule has 20 heavy (non-hydrogen) atoms.